The fourth-order valence-corrected chi connectivity index (χ4v) is 2.87. The van der Waals surface area contributed by atoms with Crippen molar-refractivity contribution in [3.05, 3.63) is 56.7 Å². The summed E-state index contributed by atoms with van der Waals surface area (Å²) in [5, 5.41) is 1.93. The Morgan fingerprint density at radius 2 is 2.17 bits per heavy atom. The standard InChI is InChI=1S/C14H14BrNOS/c1-16(9-11-4-2-5-12(15)8-11)10-13(17)14-6-3-7-18-14/h2-8H,9-10H2,1H3. The molecule has 1 aromatic carbocycles. The molecule has 18 heavy (non-hydrogen) atoms. The number of halogens is 1. The van der Waals surface area contributed by atoms with E-state index in [0.29, 0.717) is 6.54 Å². The number of ketones is 1. The maximum atomic E-state index is 11.9. The summed E-state index contributed by atoms with van der Waals surface area (Å²) in [5.74, 6) is 0.183. The molecule has 0 amide bonds. The van der Waals surface area contributed by atoms with Crippen LogP contribution in [0.3, 0.4) is 0 Å². The van der Waals surface area contributed by atoms with Gasteiger partial charge in [0.05, 0.1) is 11.4 Å². The van der Waals surface area contributed by atoms with E-state index in [1.54, 1.807) is 0 Å². The van der Waals surface area contributed by atoms with E-state index in [1.807, 2.05) is 41.6 Å². The Bertz CT molecular complexity index is 524. The molecule has 0 saturated carbocycles. The molecule has 0 radical (unpaired) electrons. The minimum absolute atomic E-state index is 0.183. The van der Waals surface area contributed by atoms with E-state index in [2.05, 4.69) is 28.1 Å². The summed E-state index contributed by atoms with van der Waals surface area (Å²) in [6.45, 7) is 1.23. The molecule has 0 aliphatic carbocycles. The van der Waals surface area contributed by atoms with Gasteiger partial charge in [0.2, 0.25) is 0 Å². The number of benzene rings is 1. The molecular weight excluding hydrogens is 310 g/mol. The van der Waals surface area contributed by atoms with Crippen LogP contribution in [0.15, 0.2) is 46.3 Å². The molecular formula is C14H14BrNOS. The molecule has 2 nitrogen and oxygen atoms in total. The van der Waals surface area contributed by atoms with Crippen molar-refractivity contribution in [2.45, 2.75) is 6.54 Å². The molecule has 0 atom stereocenters. The zero-order valence-electron chi connectivity index (χ0n) is 10.1. The fraction of sp³-hybridized carbons (Fsp3) is 0.214. The smallest absolute Gasteiger partial charge is 0.186 e. The number of carbonyl (C=O) groups is 1. The summed E-state index contributed by atoms with van der Waals surface area (Å²) >= 11 is 4.95. The topological polar surface area (TPSA) is 20.3 Å². The third-order valence-corrected chi connectivity index (χ3v) is 3.96. The van der Waals surface area contributed by atoms with E-state index in [1.165, 1.54) is 16.9 Å². The van der Waals surface area contributed by atoms with Crippen LogP contribution in [0.25, 0.3) is 0 Å². The van der Waals surface area contributed by atoms with E-state index in [9.17, 15) is 4.79 Å². The van der Waals surface area contributed by atoms with Gasteiger partial charge >= 0.3 is 0 Å². The van der Waals surface area contributed by atoms with Gasteiger partial charge in [-0.15, -0.1) is 11.3 Å². The van der Waals surface area contributed by atoms with Crippen molar-refractivity contribution in [1.82, 2.24) is 4.90 Å². The first-order chi connectivity index (χ1) is 8.65. The number of Topliss-reactive ketones (excluding diaryl/α,β-unsaturated/α-hetero) is 1. The molecule has 0 bridgehead atoms. The molecule has 0 unspecified atom stereocenters. The Hall–Kier alpha value is -0.970. The van der Waals surface area contributed by atoms with E-state index in [-0.39, 0.29) is 5.78 Å². The predicted molar refractivity (Wildman–Crippen MR) is 79.1 cm³/mol. The van der Waals surface area contributed by atoms with Gasteiger partial charge in [0.1, 0.15) is 0 Å². The zero-order valence-corrected chi connectivity index (χ0v) is 12.5. The fourth-order valence-electron chi connectivity index (χ4n) is 1.76. The maximum absolute atomic E-state index is 11.9. The van der Waals surface area contributed by atoms with Gasteiger partial charge in [-0.25, -0.2) is 0 Å². The number of nitrogens with zero attached hydrogens (tertiary/aromatic N) is 1. The molecule has 2 aromatic rings. The van der Waals surface area contributed by atoms with Gasteiger partial charge in [-0.3, -0.25) is 9.69 Å². The molecule has 0 spiro atoms. The van der Waals surface area contributed by atoms with E-state index in [4.69, 9.17) is 0 Å². The minimum Gasteiger partial charge on any atom is -0.295 e. The lowest BCUT2D eigenvalue weighted by Crippen LogP contribution is -2.25. The Kier molecular flexibility index (Phi) is 4.69. The van der Waals surface area contributed by atoms with Crippen LogP contribution in [0.4, 0.5) is 0 Å². The normalized spacial score (nSPS) is 10.8. The molecule has 0 aliphatic heterocycles. The van der Waals surface area contributed by atoms with E-state index < -0.39 is 0 Å². The first kappa shape index (κ1) is 13.5. The van der Waals surface area contributed by atoms with Crippen molar-refractivity contribution in [2.75, 3.05) is 13.6 Å². The van der Waals surface area contributed by atoms with E-state index >= 15 is 0 Å². The average molecular weight is 324 g/mol. The highest BCUT2D eigenvalue weighted by Crippen LogP contribution is 2.14. The second kappa shape index (κ2) is 6.27. The van der Waals surface area contributed by atoms with Crippen molar-refractivity contribution in [2.24, 2.45) is 0 Å². The summed E-state index contributed by atoms with van der Waals surface area (Å²) in [7, 11) is 1.96. The first-order valence-electron chi connectivity index (χ1n) is 5.65. The number of likely N-dealkylation sites (N-methyl/N-ethyl adjacent to an activating group) is 1. The second-order valence-corrected chi connectivity index (χ2v) is 6.07. The highest BCUT2D eigenvalue weighted by atomic mass is 79.9. The van der Waals surface area contributed by atoms with Gasteiger partial charge in [-0.05, 0) is 36.2 Å². The van der Waals surface area contributed by atoms with Crippen LogP contribution in [0.1, 0.15) is 15.2 Å². The lowest BCUT2D eigenvalue weighted by molar-refractivity contribution is 0.0947. The van der Waals surface area contributed by atoms with Gasteiger partial charge in [0, 0.05) is 11.0 Å². The maximum Gasteiger partial charge on any atom is 0.186 e. The Morgan fingerprint density at radius 1 is 1.33 bits per heavy atom. The molecule has 2 rings (SSSR count). The molecule has 94 valence electrons. The lowest BCUT2D eigenvalue weighted by atomic mass is 10.2. The SMILES string of the molecule is CN(CC(=O)c1cccs1)Cc1cccc(Br)c1. The summed E-state index contributed by atoms with van der Waals surface area (Å²) < 4.78 is 1.07. The van der Waals surface area contributed by atoms with Gasteiger partial charge in [-0.2, -0.15) is 0 Å². The molecule has 0 saturated heterocycles. The monoisotopic (exact) mass is 323 g/mol. The van der Waals surface area contributed by atoms with Gasteiger partial charge in [0.25, 0.3) is 0 Å². The van der Waals surface area contributed by atoms with Gasteiger partial charge in [0.15, 0.2) is 5.78 Å². The van der Waals surface area contributed by atoms with Crippen molar-refractivity contribution < 1.29 is 4.79 Å². The second-order valence-electron chi connectivity index (χ2n) is 4.20. The third kappa shape index (κ3) is 3.77. The average Bonchev–Trinajstić information content (AvgIpc) is 2.81. The largest absolute Gasteiger partial charge is 0.295 e. The minimum atomic E-state index is 0.183. The molecule has 1 heterocycles. The van der Waals surface area contributed by atoms with Crippen LogP contribution in [0.5, 0.6) is 0 Å². The number of hydrogen-bond donors (Lipinski definition) is 0. The van der Waals surface area contributed by atoms with Crippen molar-refractivity contribution in [3.63, 3.8) is 0 Å². The summed E-state index contributed by atoms with van der Waals surface area (Å²) in [4.78, 5) is 14.8. The number of rotatable bonds is 5. The van der Waals surface area contributed by atoms with E-state index in [0.717, 1.165) is 15.9 Å². The molecule has 0 fully saturated rings. The Morgan fingerprint density at radius 3 is 2.83 bits per heavy atom. The number of thiophene rings is 1. The predicted octanol–water partition coefficient (Wildman–Crippen LogP) is 3.83. The number of carbonyl (C=O) groups excluding carboxylic acids is 1. The molecule has 0 aliphatic rings. The van der Waals surface area contributed by atoms with Crippen LogP contribution < -0.4 is 0 Å². The van der Waals surface area contributed by atoms with Gasteiger partial charge < -0.3 is 0 Å². The van der Waals surface area contributed by atoms with Crippen LogP contribution in [-0.2, 0) is 6.54 Å². The lowest BCUT2D eigenvalue weighted by Gasteiger charge is -2.15. The Balaban J connectivity index is 1.93. The Labute approximate surface area is 119 Å². The molecule has 0 N–H and O–H groups in total. The first-order valence-corrected chi connectivity index (χ1v) is 7.32. The summed E-state index contributed by atoms with van der Waals surface area (Å²) in [5.41, 5.74) is 1.20. The molecule has 1 aromatic heterocycles. The quantitative estimate of drug-likeness (QED) is 0.779. The van der Waals surface area contributed by atoms with Crippen LogP contribution in [0.2, 0.25) is 0 Å². The number of hydrogen-bond acceptors (Lipinski definition) is 3. The van der Waals surface area contributed by atoms with Crippen LogP contribution in [0, 0.1) is 0 Å². The third-order valence-electron chi connectivity index (χ3n) is 2.55. The van der Waals surface area contributed by atoms with Crippen molar-refractivity contribution >= 4 is 33.0 Å². The summed E-state index contributed by atoms with van der Waals surface area (Å²) in [6.07, 6.45) is 0. The highest BCUT2D eigenvalue weighted by Gasteiger charge is 2.10. The van der Waals surface area contributed by atoms with Crippen molar-refractivity contribution in [1.29, 1.82) is 0 Å². The van der Waals surface area contributed by atoms with Crippen molar-refractivity contribution in [3.8, 4) is 0 Å². The highest BCUT2D eigenvalue weighted by molar-refractivity contribution is 9.10. The van der Waals surface area contributed by atoms with Crippen LogP contribution in [-0.4, -0.2) is 24.3 Å². The van der Waals surface area contributed by atoms with Gasteiger partial charge in [-0.1, -0.05) is 34.1 Å². The van der Waals surface area contributed by atoms with Crippen LogP contribution >= 0.6 is 27.3 Å². The zero-order chi connectivity index (χ0) is 13.0. The molecule has 4 heteroatoms. The summed E-state index contributed by atoms with van der Waals surface area (Å²) in [6, 6.07) is 11.9.